The van der Waals surface area contributed by atoms with Gasteiger partial charge in [0, 0.05) is 6.54 Å². The van der Waals surface area contributed by atoms with Crippen molar-refractivity contribution in [2.24, 2.45) is 10.3 Å². The number of imidazole rings is 1. The molecule has 0 unspecified atom stereocenters. The lowest BCUT2D eigenvalue weighted by Crippen LogP contribution is -2.12. The molecule has 0 aliphatic heterocycles. The van der Waals surface area contributed by atoms with Gasteiger partial charge in [-0.3, -0.25) is 0 Å². The molecule has 0 amide bonds. The van der Waals surface area contributed by atoms with Crippen LogP contribution in [0.3, 0.4) is 0 Å². The maximum Gasteiger partial charge on any atom is 0.238 e. The summed E-state index contributed by atoms with van der Waals surface area (Å²) in [5.41, 5.74) is 2.84. The number of aromatic nitrogens is 4. The number of sulfonamides is 2. The molecule has 0 spiro atoms. The van der Waals surface area contributed by atoms with E-state index in [1.165, 1.54) is 30.6 Å². The summed E-state index contributed by atoms with van der Waals surface area (Å²) in [7, 11) is -7.48. The minimum Gasteiger partial charge on any atom is -0.364 e. The van der Waals surface area contributed by atoms with Crippen LogP contribution in [0.5, 0.6) is 0 Å². The van der Waals surface area contributed by atoms with E-state index >= 15 is 0 Å². The first-order valence-electron chi connectivity index (χ1n) is 9.24. The lowest BCUT2D eigenvalue weighted by molar-refractivity contribution is 0.596. The Labute approximate surface area is 184 Å². The van der Waals surface area contributed by atoms with Crippen molar-refractivity contribution in [1.82, 2.24) is 19.5 Å². The molecule has 32 heavy (non-hydrogen) atoms. The number of rotatable bonds is 7. The van der Waals surface area contributed by atoms with Gasteiger partial charge in [0.1, 0.15) is 11.8 Å². The van der Waals surface area contributed by atoms with Crippen LogP contribution < -0.4 is 15.6 Å². The van der Waals surface area contributed by atoms with Crippen LogP contribution in [0.15, 0.2) is 71.0 Å². The van der Waals surface area contributed by atoms with Crippen molar-refractivity contribution in [1.29, 1.82) is 0 Å². The fourth-order valence-corrected chi connectivity index (χ4v) is 4.12. The van der Waals surface area contributed by atoms with Gasteiger partial charge in [0.05, 0.1) is 22.7 Å². The summed E-state index contributed by atoms with van der Waals surface area (Å²) in [6.07, 6.45) is 3.04. The number of hydrogen-bond acceptors (Lipinski definition) is 8. The zero-order chi connectivity index (χ0) is 22.9. The van der Waals surface area contributed by atoms with Crippen LogP contribution in [-0.4, -0.2) is 36.4 Å². The standard InChI is InChI=1S/C19H19N7O4S2/c20-31(27,28)15-5-1-13(2-6-15)9-22-18-17-19(24-11-23-18)26(12-25-17)10-14-3-7-16(8-4-14)32(21,29)30/h1-8,11-12H,9-10H2,(H2,20,27,28)(H2,21,29,30)(H,22,23,24). The molecule has 166 valence electrons. The Morgan fingerprint density at radius 1 is 0.781 bits per heavy atom. The highest BCUT2D eigenvalue weighted by Crippen LogP contribution is 2.20. The third-order valence-corrected chi connectivity index (χ3v) is 6.58. The van der Waals surface area contributed by atoms with Gasteiger partial charge in [0.15, 0.2) is 11.5 Å². The highest BCUT2D eigenvalue weighted by Gasteiger charge is 2.12. The van der Waals surface area contributed by atoms with E-state index in [0.29, 0.717) is 30.1 Å². The van der Waals surface area contributed by atoms with E-state index in [4.69, 9.17) is 10.3 Å². The van der Waals surface area contributed by atoms with Gasteiger partial charge in [-0.15, -0.1) is 0 Å². The number of hydrogen-bond donors (Lipinski definition) is 3. The van der Waals surface area contributed by atoms with Crippen molar-refractivity contribution in [3.8, 4) is 0 Å². The van der Waals surface area contributed by atoms with Crippen molar-refractivity contribution < 1.29 is 16.8 Å². The van der Waals surface area contributed by atoms with Gasteiger partial charge in [0.25, 0.3) is 0 Å². The van der Waals surface area contributed by atoms with Crippen LogP contribution in [0.2, 0.25) is 0 Å². The molecule has 13 heteroatoms. The fraction of sp³-hybridized carbons (Fsp3) is 0.105. The molecule has 0 bridgehead atoms. The molecule has 0 aliphatic carbocycles. The molecule has 4 rings (SSSR count). The lowest BCUT2D eigenvalue weighted by Gasteiger charge is -2.08. The van der Waals surface area contributed by atoms with E-state index in [1.807, 2.05) is 4.57 Å². The van der Waals surface area contributed by atoms with Crippen LogP contribution in [-0.2, 0) is 33.1 Å². The Bertz CT molecular complexity index is 1480. The second-order valence-corrected chi connectivity index (χ2v) is 10.1. The van der Waals surface area contributed by atoms with E-state index < -0.39 is 20.0 Å². The normalized spacial score (nSPS) is 12.2. The number of fused-ring (bicyclic) bond motifs is 1. The Hall–Kier alpha value is -3.39. The van der Waals surface area contributed by atoms with E-state index in [0.717, 1.165) is 11.1 Å². The first-order chi connectivity index (χ1) is 15.1. The number of benzene rings is 2. The van der Waals surface area contributed by atoms with Crippen LogP contribution in [0.1, 0.15) is 11.1 Å². The predicted octanol–water partition coefficient (Wildman–Crippen LogP) is 0.781. The molecule has 0 aliphatic rings. The molecule has 2 heterocycles. The van der Waals surface area contributed by atoms with E-state index in [9.17, 15) is 16.8 Å². The van der Waals surface area contributed by atoms with E-state index in [2.05, 4.69) is 20.3 Å². The minimum absolute atomic E-state index is 0.0431. The second-order valence-electron chi connectivity index (χ2n) is 7.00. The summed E-state index contributed by atoms with van der Waals surface area (Å²) in [4.78, 5) is 13.0. The average molecular weight is 474 g/mol. The van der Waals surface area contributed by atoms with Gasteiger partial charge in [-0.05, 0) is 35.4 Å². The zero-order valence-electron chi connectivity index (χ0n) is 16.6. The number of nitrogens with zero attached hydrogens (tertiary/aromatic N) is 4. The fourth-order valence-electron chi connectivity index (χ4n) is 3.09. The predicted molar refractivity (Wildman–Crippen MR) is 117 cm³/mol. The van der Waals surface area contributed by atoms with Crippen LogP contribution >= 0.6 is 0 Å². The van der Waals surface area contributed by atoms with Crippen LogP contribution in [0, 0.1) is 0 Å². The number of anilines is 1. The lowest BCUT2D eigenvalue weighted by atomic mass is 10.2. The van der Waals surface area contributed by atoms with E-state index in [1.54, 1.807) is 30.6 Å². The van der Waals surface area contributed by atoms with Gasteiger partial charge >= 0.3 is 0 Å². The molecular weight excluding hydrogens is 454 g/mol. The minimum atomic E-state index is -3.74. The molecular formula is C19H19N7O4S2. The van der Waals surface area contributed by atoms with Crippen LogP contribution in [0.4, 0.5) is 5.82 Å². The Morgan fingerprint density at radius 3 is 1.91 bits per heavy atom. The molecule has 2 aromatic heterocycles. The molecule has 0 radical (unpaired) electrons. The summed E-state index contributed by atoms with van der Waals surface area (Å²) in [5.74, 6) is 0.522. The maximum atomic E-state index is 11.4. The van der Waals surface area contributed by atoms with Crippen molar-refractivity contribution in [3.63, 3.8) is 0 Å². The largest absolute Gasteiger partial charge is 0.364 e. The summed E-state index contributed by atoms with van der Waals surface area (Å²) >= 11 is 0. The number of nitrogens with one attached hydrogen (secondary N) is 1. The number of nitrogens with two attached hydrogens (primary N) is 2. The van der Waals surface area contributed by atoms with Crippen molar-refractivity contribution in [2.75, 3.05) is 5.32 Å². The number of primary sulfonamides is 2. The Morgan fingerprint density at radius 2 is 1.34 bits per heavy atom. The molecule has 0 saturated heterocycles. The molecule has 0 saturated carbocycles. The van der Waals surface area contributed by atoms with Gasteiger partial charge < -0.3 is 9.88 Å². The Kier molecular flexibility index (Phi) is 5.64. The van der Waals surface area contributed by atoms with Crippen molar-refractivity contribution >= 4 is 37.0 Å². The van der Waals surface area contributed by atoms with Crippen molar-refractivity contribution in [3.05, 3.63) is 72.3 Å². The van der Waals surface area contributed by atoms with Crippen LogP contribution in [0.25, 0.3) is 11.2 Å². The van der Waals surface area contributed by atoms with E-state index in [-0.39, 0.29) is 9.79 Å². The molecule has 11 nitrogen and oxygen atoms in total. The SMILES string of the molecule is NS(=O)(=O)c1ccc(CNc2ncnc3c2ncn3Cc2ccc(S(N)(=O)=O)cc2)cc1. The summed E-state index contributed by atoms with van der Waals surface area (Å²) in [5, 5.41) is 13.4. The van der Waals surface area contributed by atoms with Gasteiger partial charge in [-0.25, -0.2) is 42.1 Å². The van der Waals surface area contributed by atoms with Gasteiger partial charge in [-0.1, -0.05) is 24.3 Å². The maximum absolute atomic E-state index is 11.4. The Balaban J connectivity index is 1.52. The summed E-state index contributed by atoms with van der Waals surface area (Å²) < 4.78 is 47.4. The second kappa shape index (κ2) is 8.27. The van der Waals surface area contributed by atoms with Gasteiger partial charge in [-0.2, -0.15) is 0 Å². The average Bonchev–Trinajstić information content (AvgIpc) is 3.15. The molecule has 0 fully saturated rings. The third-order valence-electron chi connectivity index (χ3n) is 4.72. The first kappa shape index (κ1) is 21.8. The molecule has 4 aromatic rings. The monoisotopic (exact) mass is 473 g/mol. The van der Waals surface area contributed by atoms with Gasteiger partial charge in [0.2, 0.25) is 20.0 Å². The highest BCUT2D eigenvalue weighted by atomic mass is 32.2. The first-order valence-corrected chi connectivity index (χ1v) is 12.3. The summed E-state index contributed by atoms with van der Waals surface area (Å²) in [6.45, 7) is 0.811. The summed E-state index contributed by atoms with van der Waals surface area (Å²) in [6, 6.07) is 12.5. The molecule has 2 aromatic carbocycles. The quantitative estimate of drug-likeness (QED) is 0.353. The topological polar surface area (TPSA) is 176 Å². The highest BCUT2D eigenvalue weighted by molar-refractivity contribution is 7.89. The third kappa shape index (κ3) is 4.75. The van der Waals surface area contributed by atoms with Crippen molar-refractivity contribution in [2.45, 2.75) is 22.9 Å². The molecule has 0 atom stereocenters. The zero-order valence-corrected chi connectivity index (χ0v) is 18.2. The molecule has 5 N–H and O–H groups in total. The smallest absolute Gasteiger partial charge is 0.238 e.